The van der Waals surface area contributed by atoms with E-state index in [1.807, 2.05) is 6.92 Å². The van der Waals surface area contributed by atoms with E-state index in [4.69, 9.17) is 0 Å². The van der Waals surface area contributed by atoms with Gasteiger partial charge in [-0.15, -0.1) is 0 Å². The molecular formula is C20H34O3. The van der Waals surface area contributed by atoms with E-state index in [2.05, 4.69) is 20.8 Å². The first kappa shape index (κ1) is 16.4. The number of aliphatic hydroxyl groups excluding tert-OH is 2. The van der Waals surface area contributed by atoms with Crippen molar-refractivity contribution in [3.05, 3.63) is 0 Å². The molecule has 4 saturated carbocycles. The summed E-state index contributed by atoms with van der Waals surface area (Å²) in [6, 6.07) is 0. The average Bonchev–Trinajstić information content (AvgIpc) is 2.80. The summed E-state index contributed by atoms with van der Waals surface area (Å²) < 4.78 is 0. The minimum absolute atomic E-state index is 0.0866. The summed E-state index contributed by atoms with van der Waals surface area (Å²) in [6.45, 7) is 8.75. The van der Waals surface area contributed by atoms with Gasteiger partial charge in [-0.2, -0.15) is 0 Å². The molecule has 3 nitrogen and oxygen atoms in total. The van der Waals surface area contributed by atoms with Crippen molar-refractivity contribution in [3.8, 4) is 0 Å². The van der Waals surface area contributed by atoms with Gasteiger partial charge in [0, 0.05) is 0 Å². The van der Waals surface area contributed by atoms with Crippen molar-refractivity contribution in [1.29, 1.82) is 0 Å². The normalized spacial score (nSPS) is 60.9. The van der Waals surface area contributed by atoms with Crippen molar-refractivity contribution in [3.63, 3.8) is 0 Å². The summed E-state index contributed by atoms with van der Waals surface area (Å²) >= 11 is 0. The maximum absolute atomic E-state index is 10.8. The van der Waals surface area contributed by atoms with Crippen LogP contribution in [0, 0.1) is 34.0 Å². The third-order valence-electron chi connectivity index (χ3n) is 9.29. The van der Waals surface area contributed by atoms with E-state index in [1.165, 1.54) is 6.42 Å². The van der Waals surface area contributed by atoms with Gasteiger partial charge in [-0.25, -0.2) is 0 Å². The van der Waals surface area contributed by atoms with Gasteiger partial charge in [0.2, 0.25) is 0 Å². The van der Waals surface area contributed by atoms with E-state index < -0.39 is 17.8 Å². The molecule has 0 aromatic heterocycles. The van der Waals surface area contributed by atoms with Gasteiger partial charge in [-0.3, -0.25) is 0 Å². The molecular weight excluding hydrogens is 288 g/mol. The lowest BCUT2D eigenvalue weighted by Crippen LogP contribution is -2.64. The average molecular weight is 322 g/mol. The lowest BCUT2D eigenvalue weighted by atomic mass is 9.39. The van der Waals surface area contributed by atoms with Crippen molar-refractivity contribution in [2.24, 2.45) is 34.0 Å². The van der Waals surface area contributed by atoms with Crippen LogP contribution in [0.25, 0.3) is 0 Å². The molecule has 23 heavy (non-hydrogen) atoms. The van der Waals surface area contributed by atoms with E-state index in [-0.39, 0.29) is 16.2 Å². The molecule has 3 N–H and O–H groups in total. The predicted octanol–water partition coefficient (Wildman–Crippen LogP) is 3.11. The highest BCUT2D eigenvalue weighted by Gasteiger charge is 2.70. The standard InChI is InChI=1S/C20H34O3/c1-17(2)15-6-5-12-9-13-10-20(12,8-7-19(13,4)23)18(15,3)11-14(21)16(17)22/h12-16,21-23H,5-11H2,1-4H3/t12-,13-,14+,15-,16-,18-,19-,20+/m0/s1. The second-order valence-corrected chi connectivity index (χ2v) is 10.4. The third kappa shape index (κ3) is 1.82. The molecule has 8 atom stereocenters. The molecule has 2 bridgehead atoms. The zero-order chi connectivity index (χ0) is 16.8. The number of hydrogen-bond donors (Lipinski definition) is 3. The summed E-state index contributed by atoms with van der Waals surface area (Å²) in [7, 11) is 0. The molecule has 132 valence electrons. The molecule has 0 radical (unpaired) electrons. The lowest BCUT2D eigenvalue weighted by Gasteiger charge is -2.67. The Labute approximate surface area is 140 Å². The molecule has 0 heterocycles. The first-order chi connectivity index (χ1) is 10.5. The van der Waals surface area contributed by atoms with E-state index in [1.54, 1.807) is 0 Å². The van der Waals surface area contributed by atoms with Crippen molar-refractivity contribution >= 4 is 0 Å². The zero-order valence-corrected chi connectivity index (χ0v) is 15.2. The van der Waals surface area contributed by atoms with Gasteiger partial charge in [0.25, 0.3) is 0 Å². The van der Waals surface area contributed by atoms with E-state index in [0.29, 0.717) is 17.8 Å². The molecule has 4 rings (SSSR count). The van der Waals surface area contributed by atoms with Crippen LogP contribution in [0.5, 0.6) is 0 Å². The van der Waals surface area contributed by atoms with Crippen LogP contribution in [0.4, 0.5) is 0 Å². The molecule has 0 amide bonds. The minimum atomic E-state index is -0.613. The Kier molecular flexibility index (Phi) is 3.22. The van der Waals surface area contributed by atoms with Gasteiger partial charge in [0.1, 0.15) is 0 Å². The summed E-state index contributed by atoms with van der Waals surface area (Å²) in [5.41, 5.74) is -0.383. The van der Waals surface area contributed by atoms with Crippen molar-refractivity contribution in [2.45, 2.75) is 90.4 Å². The Balaban J connectivity index is 1.78. The lowest BCUT2D eigenvalue weighted by molar-refractivity contribution is -0.232. The van der Waals surface area contributed by atoms with Gasteiger partial charge in [-0.05, 0) is 85.9 Å². The molecule has 0 aromatic rings. The Hall–Kier alpha value is -0.120. The summed E-state index contributed by atoms with van der Waals surface area (Å²) in [4.78, 5) is 0. The van der Waals surface area contributed by atoms with Crippen molar-refractivity contribution < 1.29 is 15.3 Å². The molecule has 3 heteroatoms. The van der Waals surface area contributed by atoms with Crippen LogP contribution < -0.4 is 0 Å². The zero-order valence-electron chi connectivity index (χ0n) is 15.2. The molecule has 1 spiro atoms. The van der Waals surface area contributed by atoms with Gasteiger partial charge < -0.3 is 15.3 Å². The number of aliphatic hydroxyl groups is 3. The van der Waals surface area contributed by atoms with E-state index >= 15 is 0 Å². The number of rotatable bonds is 0. The summed E-state index contributed by atoms with van der Waals surface area (Å²) in [5.74, 6) is 1.58. The highest BCUT2D eigenvalue weighted by atomic mass is 16.3. The molecule has 0 aliphatic heterocycles. The van der Waals surface area contributed by atoms with Gasteiger partial charge in [-0.1, -0.05) is 20.8 Å². The summed E-state index contributed by atoms with van der Waals surface area (Å²) in [6.07, 6.45) is 6.17. The Morgan fingerprint density at radius 3 is 2.26 bits per heavy atom. The molecule has 4 aliphatic rings. The monoisotopic (exact) mass is 322 g/mol. The minimum Gasteiger partial charge on any atom is -0.390 e. The van der Waals surface area contributed by atoms with Crippen LogP contribution in [0.3, 0.4) is 0 Å². The smallest absolute Gasteiger partial charge is 0.0852 e. The maximum atomic E-state index is 10.8. The van der Waals surface area contributed by atoms with Gasteiger partial charge in [0.15, 0.2) is 0 Å². The third-order valence-corrected chi connectivity index (χ3v) is 9.29. The fourth-order valence-electron chi connectivity index (χ4n) is 7.92. The van der Waals surface area contributed by atoms with Crippen LogP contribution in [-0.2, 0) is 0 Å². The maximum Gasteiger partial charge on any atom is 0.0852 e. The Bertz CT molecular complexity index is 513. The van der Waals surface area contributed by atoms with Crippen molar-refractivity contribution in [1.82, 2.24) is 0 Å². The Morgan fingerprint density at radius 2 is 1.57 bits per heavy atom. The van der Waals surface area contributed by atoms with Crippen LogP contribution >= 0.6 is 0 Å². The van der Waals surface area contributed by atoms with E-state index in [0.717, 1.165) is 38.5 Å². The first-order valence-electron chi connectivity index (χ1n) is 9.63. The molecule has 4 aliphatic carbocycles. The quantitative estimate of drug-likeness (QED) is 0.642. The fourth-order valence-corrected chi connectivity index (χ4v) is 7.92. The first-order valence-corrected chi connectivity index (χ1v) is 9.63. The van der Waals surface area contributed by atoms with Crippen LogP contribution in [-0.4, -0.2) is 33.1 Å². The largest absolute Gasteiger partial charge is 0.390 e. The van der Waals surface area contributed by atoms with Crippen LogP contribution in [0.2, 0.25) is 0 Å². The molecule has 4 fully saturated rings. The Morgan fingerprint density at radius 1 is 0.870 bits per heavy atom. The second kappa shape index (κ2) is 4.53. The SMILES string of the molecule is CC1(C)[C@@H](O)[C@H](O)C[C@@]2(C)[C@H]1CC[C@H]1C[C@H]3C[C@]12CC[C@]3(C)O. The van der Waals surface area contributed by atoms with Crippen LogP contribution in [0.15, 0.2) is 0 Å². The van der Waals surface area contributed by atoms with Gasteiger partial charge >= 0.3 is 0 Å². The molecule has 0 aromatic carbocycles. The highest BCUT2D eigenvalue weighted by Crippen LogP contribution is 2.75. The topological polar surface area (TPSA) is 60.7 Å². The molecule has 0 saturated heterocycles. The summed E-state index contributed by atoms with van der Waals surface area (Å²) in [5, 5.41) is 32.0. The number of fused-ring (bicyclic) bond motifs is 2. The number of hydrogen-bond acceptors (Lipinski definition) is 3. The predicted molar refractivity (Wildman–Crippen MR) is 89.7 cm³/mol. The van der Waals surface area contributed by atoms with Gasteiger partial charge in [0.05, 0.1) is 17.8 Å². The highest BCUT2D eigenvalue weighted by molar-refractivity contribution is 5.19. The van der Waals surface area contributed by atoms with E-state index in [9.17, 15) is 15.3 Å². The second-order valence-electron chi connectivity index (χ2n) is 10.4. The fraction of sp³-hybridized carbons (Fsp3) is 1.00. The van der Waals surface area contributed by atoms with Crippen LogP contribution in [0.1, 0.15) is 72.6 Å². The van der Waals surface area contributed by atoms with Crippen molar-refractivity contribution in [2.75, 3.05) is 0 Å². The molecule has 0 unspecified atom stereocenters.